The Morgan fingerprint density at radius 1 is 1.41 bits per heavy atom. The average Bonchev–Trinajstić information content (AvgIpc) is 3.07. The molecule has 0 spiro atoms. The molecule has 3 heteroatoms. The third kappa shape index (κ3) is 3.67. The molecule has 3 nitrogen and oxygen atoms in total. The van der Waals surface area contributed by atoms with E-state index in [1.165, 1.54) is 51.6 Å². The SMILES string of the molecule is CCCC1(CN(CCOC)C2CC2)CCCN1. The van der Waals surface area contributed by atoms with Crippen molar-refractivity contribution in [2.45, 2.75) is 57.0 Å². The van der Waals surface area contributed by atoms with Crippen LogP contribution in [0.2, 0.25) is 0 Å². The van der Waals surface area contributed by atoms with Crippen molar-refractivity contribution >= 4 is 0 Å². The highest BCUT2D eigenvalue weighted by Gasteiger charge is 2.38. The Balaban J connectivity index is 1.89. The van der Waals surface area contributed by atoms with Gasteiger partial charge < -0.3 is 10.1 Å². The second kappa shape index (κ2) is 6.17. The van der Waals surface area contributed by atoms with Gasteiger partial charge in [0.15, 0.2) is 0 Å². The van der Waals surface area contributed by atoms with Gasteiger partial charge in [-0.2, -0.15) is 0 Å². The Morgan fingerprint density at radius 3 is 2.76 bits per heavy atom. The van der Waals surface area contributed by atoms with Gasteiger partial charge in [0, 0.05) is 31.8 Å². The molecule has 2 fully saturated rings. The zero-order chi connectivity index (χ0) is 12.1. The molecule has 1 unspecified atom stereocenters. The third-order valence-corrected chi connectivity index (χ3v) is 4.21. The molecular weight excluding hydrogens is 212 g/mol. The van der Waals surface area contributed by atoms with Crippen LogP contribution < -0.4 is 5.32 Å². The molecule has 2 rings (SSSR count). The lowest BCUT2D eigenvalue weighted by Gasteiger charge is -2.36. The second-order valence-electron chi connectivity index (χ2n) is 5.76. The van der Waals surface area contributed by atoms with Crippen molar-refractivity contribution in [2.24, 2.45) is 0 Å². The van der Waals surface area contributed by atoms with E-state index in [9.17, 15) is 0 Å². The molecule has 1 saturated carbocycles. The van der Waals surface area contributed by atoms with Crippen LogP contribution in [-0.4, -0.2) is 49.8 Å². The highest BCUT2D eigenvalue weighted by molar-refractivity contribution is 4.98. The maximum absolute atomic E-state index is 5.25. The Kier molecular flexibility index (Phi) is 4.83. The summed E-state index contributed by atoms with van der Waals surface area (Å²) in [6.45, 7) is 6.73. The van der Waals surface area contributed by atoms with Crippen molar-refractivity contribution in [3.05, 3.63) is 0 Å². The van der Waals surface area contributed by atoms with Crippen LogP contribution in [0.1, 0.15) is 45.4 Å². The molecule has 1 saturated heterocycles. The molecule has 0 aromatic rings. The monoisotopic (exact) mass is 240 g/mol. The maximum atomic E-state index is 5.25. The van der Waals surface area contributed by atoms with Crippen LogP contribution in [0.5, 0.6) is 0 Å². The van der Waals surface area contributed by atoms with E-state index < -0.39 is 0 Å². The summed E-state index contributed by atoms with van der Waals surface area (Å²) >= 11 is 0. The summed E-state index contributed by atoms with van der Waals surface area (Å²) in [7, 11) is 1.81. The van der Waals surface area contributed by atoms with Gasteiger partial charge in [0.1, 0.15) is 0 Å². The van der Waals surface area contributed by atoms with Crippen molar-refractivity contribution in [3.8, 4) is 0 Å². The number of methoxy groups -OCH3 is 1. The van der Waals surface area contributed by atoms with Crippen molar-refractivity contribution < 1.29 is 4.74 Å². The molecule has 0 aromatic carbocycles. The molecular formula is C14H28N2O. The Hall–Kier alpha value is -0.120. The summed E-state index contributed by atoms with van der Waals surface area (Å²) in [5.41, 5.74) is 0.408. The Bertz CT molecular complexity index is 222. The minimum Gasteiger partial charge on any atom is -0.383 e. The third-order valence-electron chi connectivity index (χ3n) is 4.21. The molecule has 1 atom stereocenters. The molecule has 0 bridgehead atoms. The van der Waals surface area contributed by atoms with Crippen LogP contribution in [-0.2, 0) is 4.74 Å². The molecule has 0 radical (unpaired) electrons. The van der Waals surface area contributed by atoms with Crippen LogP contribution in [0.3, 0.4) is 0 Å². The van der Waals surface area contributed by atoms with Gasteiger partial charge in [-0.15, -0.1) is 0 Å². The zero-order valence-electron chi connectivity index (χ0n) is 11.5. The fourth-order valence-corrected chi connectivity index (χ4v) is 3.20. The van der Waals surface area contributed by atoms with Crippen LogP contribution >= 0.6 is 0 Å². The molecule has 1 aliphatic heterocycles. The molecule has 1 heterocycles. The lowest BCUT2D eigenvalue weighted by molar-refractivity contribution is 0.117. The molecule has 1 aliphatic carbocycles. The fraction of sp³-hybridized carbons (Fsp3) is 1.00. The largest absolute Gasteiger partial charge is 0.383 e. The fourth-order valence-electron chi connectivity index (χ4n) is 3.20. The Morgan fingerprint density at radius 2 is 2.24 bits per heavy atom. The number of nitrogens with one attached hydrogen (secondary N) is 1. The van der Waals surface area contributed by atoms with E-state index in [2.05, 4.69) is 17.1 Å². The van der Waals surface area contributed by atoms with Crippen molar-refractivity contribution in [2.75, 3.05) is 33.4 Å². The zero-order valence-corrected chi connectivity index (χ0v) is 11.5. The highest BCUT2D eigenvalue weighted by atomic mass is 16.5. The minimum absolute atomic E-state index is 0.408. The van der Waals surface area contributed by atoms with E-state index >= 15 is 0 Å². The first-order valence-corrected chi connectivity index (χ1v) is 7.28. The molecule has 1 N–H and O–H groups in total. The van der Waals surface area contributed by atoms with Gasteiger partial charge in [0.25, 0.3) is 0 Å². The highest BCUT2D eigenvalue weighted by Crippen LogP contribution is 2.32. The van der Waals surface area contributed by atoms with Crippen molar-refractivity contribution in [3.63, 3.8) is 0 Å². The summed E-state index contributed by atoms with van der Waals surface area (Å²) in [6.07, 6.45) is 8.11. The van der Waals surface area contributed by atoms with Crippen molar-refractivity contribution in [1.29, 1.82) is 0 Å². The lowest BCUT2D eigenvalue weighted by Crippen LogP contribution is -2.51. The normalized spacial score (nSPS) is 29.1. The summed E-state index contributed by atoms with van der Waals surface area (Å²) < 4.78 is 5.25. The summed E-state index contributed by atoms with van der Waals surface area (Å²) in [6, 6.07) is 0.848. The first-order chi connectivity index (χ1) is 8.29. The standard InChI is InChI=1S/C14H28N2O/c1-3-7-14(8-4-9-15-14)12-16(10-11-17-2)13-5-6-13/h13,15H,3-12H2,1-2H3. The number of rotatable bonds is 8. The molecule has 17 heavy (non-hydrogen) atoms. The van der Waals surface area contributed by atoms with E-state index in [0.717, 1.165) is 19.2 Å². The molecule has 100 valence electrons. The van der Waals surface area contributed by atoms with Gasteiger partial charge in [-0.3, -0.25) is 4.90 Å². The number of nitrogens with zero attached hydrogens (tertiary/aromatic N) is 1. The molecule has 0 amide bonds. The number of hydrogen-bond donors (Lipinski definition) is 1. The van der Waals surface area contributed by atoms with Gasteiger partial charge in [-0.25, -0.2) is 0 Å². The topological polar surface area (TPSA) is 24.5 Å². The quantitative estimate of drug-likeness (QED) is 0.702. The van der Waals surface area contributed by atoms with E-state index in [-0.39, 0.29) is 0 Å². The van der Waals surface area contributed by atoms with Crippen LogP contribution in [0, 0.1) is 0 Å². The maximum Gasteiger partial charge on any atom is 0.0589 e. The van der Waals surface area contributed by atoms with Gasteiger partial charge in [0.2, 0.25) is 0 Å². The van der Waals surface area contributed by atoms with Crippen molar-refractivity contribution in [1.82, 2.24) is 10.2 Å². The van der Waals surface area contributed by atoms with Crippen LogP contribution in [0.15, 0.2) is 0 Å². The van der Waals surface area contributed by atoms with E-state index in [1.54, 1.807) is 7.11 Å². The number of hydrogen-bond acceptors (Lipinski definition) is 3. The van der Waals surface area contributed by atoms with E-state index in [0.29, 0.717) is 5.54 Å². The van der Waals surface area contributed by atoms with Crippen LogP contribution in [0.25, 0.3) is 0 Å². The first-order valence-electron chi connectivity index (χ1n) is 7.28. The van der Waals surface area contributed by atoms with Gasteiger partial charge in [-0.1, -0.05) is 13.3 Å². The second-order valence-corrected chi connectivity index (χ2v) is 5.76. The smallest absolute Gasteiger partial charge is 0.0589 e. The summed E-state index contributed by atoms with van der Waals surface area (Å²) in [4.78, 5) is 2.66. The van der Waals surface area contributed by atoms with Crippen LogP contribution in [0.4, 0.5) is 0 Å². The molecule has 0 aromatic heterocycles. The van der Waals surface area contributed by atoms with Gasteiger partial charge in [0.05, 0.1) is 6.61 Å². The summed E-state index contributed by atoms with van der Waals surface area (Å²) in [5.74, 6) is 0. The van der Waals surface area contributed by atoms with E-state index in [1.807, 2.05) is 0 Å². The minimum atomic E-state index is 0.408. The lowest BCUT2D eigenvalue weighted by atomic mass is 9.91. The van der Waals surface area contributed by atoms with Gasteiger partial charge >= 0.3 is 0 Å². The summed E-state index contributed by atoms with van der Waals surface area (Å²) in [5, 5.41) is 3.78. The first kappa shape index (κ1) is 13.3. The predicted octanol–water partition coefficient (Wildman–Crippen LogP) is 2.02. The predicted molar refractivity (Wildman–Crippen MR) is 71.3 cm³/mol. The van der Waals surface area contributed by atoms with E-state index in [4.69, 9.17) is 4.74 Å². The Labute approximate surface area is 106 Å². The average molecular weight is 240 g/mol. The number of ether oxygens (including phenoxy) is 1. The molecule has 2 aliphatic rings. The van der Waals surface area contributed by atoms with Gasteiger partial charge in [-0.05, 0) is 38.6 Å².